The molecule has 1 heterocycles. The Morgan fingerprint density at radius 2 is 2.04 bits per heavy atom. The van der Waals surface area contributed by atoms with Gasteiger partial charge in [0.15, 0.2) is 5.96 Å². The number of benzene rings is 1. The molecular formula is C21H33IN4O2. The number of hydrogen-bond donors (Lipinski definition) is 3. The number of methoxy groups -OCH3 is 1. The smallest absolute Gasteiger partial charge is 0.305 e. The summed E-state index contributed by atoms with van der Waals surface area (Å²) in [5, 5.41) is 7.97. The van der Waals surface area contributed by atoms with Gasteiger partial charge in [-0.1, -0.05) is 18.6 Å². The second-order valence-electron chi connectivity index (χ2n) is 6.69. The van der Waals surface area contributed by atoms with E-state index in [-0.39, 0.29) is 29.9 Å². The maximum atomic E-state index is 11.1. The standard InChI is InChI=1S/C21H32N4O2.HI/c1-4-22-21(23-12-7-5-6-8-20(26)27-3)24-13-11-17-15-25-19-14-16(2)9-10-18(17)19;/h9-10,14-15,25H,4-8,11-13H2,1-3H3,(H2,22,23,24);1H. The van der Waals surface area contributed by atoms with Crippen LogP contribution in [-0.4, -0.2) is 43.7 Å². The summed E-state index contributed by atoms with van der Waals surface area (Å²) in [5.41, 5.74) is 3.77. The average molecular weight is 500 g/mol. The SMILES string of the molecule is CCNC(=NCCCCCC(=O)OC)NCCc1c[nH]c2cc(C)ccc12.I. The molecule has 0 unspecified atom stereocenters. The lowest BCUT2D eigenvalue weighted by molar-refractivity contribution is -0.140. The Balaban J connectivity index is 0.00000392. The molecule has 0 amide bonds. The summed E-state index contributed by atoms with van der Waals surface area (Å²) in [5.74, 6) is 0.710. The molecule has 0 fully saturated rings. The molecule has 0 saturated heterocycles. The molecule has 2 aromatic rings. The molecule has 0 spiro atoms. The minimum absolute atomic E-state index is 0. The molecule has 3 N–H and O–H groups in total. The van der Waals surface area contributed by atoms with Crippen molar-refractivity contribution in [3.63, 3.8) is 0 Å². The van der Waals surface area contributed by atoms with Crippen LogP contribution in [0.5, 0.6) is 0 Å². The van der Waals surface area contributed by atoms with Crippen LogP contribution in [0.4, 0.5) is 0 Å². The third-order valence-corrected chi connectivity index (χ3v) is 4.49. The number of H-pyrrole nitrogens is 1. The summed E-state index contributed by atoms with van der Waals surface area (Å²) < 4.78 is 4.65. The van der Waals surface area contributed by atoms with Crippen LogP contribution >= 0.6 is 24.0 Å². The molecule has 0 aliphatic rings. The Morgan fingerprint density at radius 1 is 1.21 bits per heavy atom. The van der Waals surface area contributed by atoms with Crippen molar-refractivity contribution in [2.24, 2.45) is 4.99 Å². The average Bonchev–Trinajstić information content (AvgIpc) is 3.06. The Hall–Kier alpha value is -1.77. The third kappa shape index (κ3) is 8.08. The Kier molecular flexibility index (Phi) is 11.6. The normalized spacial score (nSPS) is 11.2. The van der Waals surface area contributed by atoms with Crippen molar-refractivity contribution in [3.05, 3.63) is 35.5 Å². The predicted molar refractivity (Wildman–Crippen MR) is 127 cm³/mol. The zero-order valence-electron chi connectivity index (χ0n) is 17.1. The van der Waals surface area contributed by atoms with Gasteiger partial charge in [-0.25, -0.2) is 0 Å². The van der Waals surface area contributed by atoms with E-state index in [1.807, 2.05) is 0 Å². The van der Waals surface area contributed by atoms with E-state index in [0.29, 0.717) is 6.42 Å². The molecule has 6 nitrogen and oxygen atoms in total. The van der Waals surface area contributed by atoms with Gasteiger partial charge in [-0.2, -0.15) is 0 Å². The van der Waals surface area contributed by atoms with Crippen LogP contribution in [-0.2, 0) is 16.0 Å². The number of hydrogen-bond acceptors (Lipinski definition) is 3. The van der Waals surface area contributed by atoms with E-state index in [2.05, 4.69) is 63.6 Å². The number of aromatic nitrogens is 1. The maximum Gasteiger partial charge on any atom is 0.305 e. The van der Waals surface area contributed by atoms with Crippen molar-refractivity contribution in [1.82, 2.24) is 15.6 Å². The van der Waals surface area contributed by atoms with Gasteiger partial charge in [0.2, 0.25) is 0 Å². The largest absolute Gasteiger partial charge is 0.469 e. The van der Waals surface area contributed by atoms with Crippen LogP contribution in [0.2, 0.25) is 0 Å². The second-order valence-corrected chi connectivity index (χ2v) is 6.69. The van der Waals surface area contributed by atoms with Crippen molar-refractivity contribution in [2.45, 2.75) is 46.0 Å². The van der Waals surface area contributed by atoms with Crippen LogP contribution in [0.25, 0.3) is 10.9 Å². The van der Waals surface area contributed by atoms with Gasteiger partial charge in [0.1, 0.15) is 0 Å². The summed E-state index contributed by atoms with van der Waals surface area (Å²) in [6, 6.07) is 6.51. The van der Waals surface area contributed by atoms with Gasteiger partial charge in [0, 0.05) is 43.2 Å². The second kappa shape index (κ2) is 13.4. The molecule has 28 heavy (non-hydrogen) atoms. The molecule has 1 aromatic heterocycles. The number of ether oxygens (including phenoxy) is 1. The van der Waals surface area contributed by atoms with Gasteiger partial charge in [-0.15, -0.1) is 24.0 Å². The Bertz CT molecular complexity index is 758. The zero-order valence-corrected chi connectivity index (χ0v) is 19.5. The Labute approximate surface area is 184 Å². The number of carbonyl (C=O) groups is 1. The molecular weight excluding hydrogens is 467 g/mol. The third-order valence-electron chi connectivity index (χ3n) is 4.49. The summed E-state index contributed by atoms with van der Waals surface area (Å²) in [6.45, 7) is 6.59. The van der Waals surface area contributed by atoms with Crippen molar-refractivity contribution < 1.29 is 9.53 Å². The number of aryl methyl sites for hydroxylation is 1. The van der Waals surface area contributed by atoms with Crippen LogP contribution in [0.15, 0.2) is 29.4 Å². The quantitative estimate of drug-likeness (QED) is 0.152. The van der Waals surface area contributed by atoms with E-state index in [1.54, 1.807) is 0 Å². The number of carbonyl (C=O) groups excluding carboxylic acids is 1. The molecule has 0 atom stereocenters. The molecule has 1 aromatic carbocycles. The predicted octanol–water partition coefficient (Wildman–Crippen LogP) is 3.93. The van der Waals surface area contributed by atoms with Crippen molar-refractivity contribution in [3.8, 4) is 0 Å². The van der Waals surface area contributed by atoms with E-state index < -0.39 is 0 Å². The van der Waals surface area contributed by atoms with Gasteiger partial charge in [0.05, 0.1) is 7.11 Å². The first-order valence-corrected chi connectivity index (χ1v) is 9.79. The summed E-state index contributed by atoms with van der Waals surface area (Å²) >= 11 is 0. The molecule has 156 valence electrons. The molecule has 7 heteroatoms. The van der Waals surface area contributed by atoms with Crippen molar-refractivity contribution >= 4 is 46.8 Å². The van der Waals surface area contributed by atoms with E-state index in [4.69, 9.17) is 0 Å². The summed E-state index contributed by atoms with van der Waals surface area (Å²) in [7, 11) is 1.43. The highest BCUT2D eigenvalue weighted by Crippen LogP contribution is 2.19. The molecule has 0 saturated carbocycles. The van der Waals surface area contributed by atoms with Crippen LogP contribution in [0.1, 0.15) is 43.7 Å². The molecule has 2 rings (SSSR count). The lowest BCUT2D eigenvalue weighted by Crippen LogP contribution is -2.38. The Morgan fingerprint density at radius 3 is 2.79 bits per heavy atom. The first-order valence-electron chi connectivity index (χ1n) is 9.79. The van der Waals surface area contributed by atoms with E-state index in [0.717, 1.165) is 51.3 Å². The highest BCUT2D eigenvalue weighted by Gasteiger charge is 2.04. The lowest BCUT2D eigenvalue weighted by atomic mass is 10.1. The fraction of sp³-hybridized carbons (Fsp3) is 0.524. The summed E-state index contributed by atoms with van der Waals surface area (Å²) in [4.78, 5) is 19.0. The van der Waals surface area contributed by atoms with Crippen molar-refractivity contribution in [2.75, 3.05) is 26.7 Å². The highest BCUT2D eigenvalue weighted by molar-refractivity contribution is 14.0. The number of unbranched alkanes of at least 4 members (excludes halogenated alkanes) is 2. The number of aliphatic imine (C=N–C) groups is 1. The van der Waals surface area contributed by atoms with E-state index in [1.165, 1.54) is 29.1 Å². The lowest BCUT2D eigenvalue weighted by Gasteiger charge is -2.11. The number of halogens is 1. The van der Waals surface area contributed by atoms with Gasteiger partial charge >= 0.3 is 5.97 Å². The highest BCUT2D eigenvalue weighted by atomic mass is 127. The number of rotatable bonds is 10. The first-order chi connectivity index (χ1) is 13.1. The van der Waals surface area contributed by atoms with E-state index >= 15 is 0 Å². The number of aromatic amines is 1. The number of fused-ring (bicyclic) bond motifs is 1. The molecule has 0 radical (unpaired) electrons. The molecule has 0 aliphatic carbocycles. The minimum atomic E-state index is -0.138. The van der Waals surface area contributed by atoms with Crippen molar-refractivity contribution in [1.29, 1.82) is 0 Å². The topological polar surface area (TPSA) is 78.5 Å². The summed E-state index contributed by atoms with van der Waals surface area (Å²) in [6.07, 6.45) is 6.32. The first kappa shape index (κ1) is 24.3. The monoisotopic (exact) mass is 500 g/mol. The minimum Gasteiger partial charge on any atom is -0.469 e. The molecule has 0 bridgehead atoms. The van der Waals surface area contributed by atoms with Gasteiger partial charge in [-0.05, 0) is 50.3 Å². The maximum absolute atomic E-state index is 11.1. The molecule has 0 aliphatic heterocycles. The van der Waals surface area contributed by atoms with Gasteiger partial charge < -0.3 is 20.4 Å². The van der Waals surface area contributed by atoms with Gasteiger partial charge in [-0.3, -0.25) is 9.79 Å². The van der Waals surface area contributed by atoms with Gasteiger partial charge in [0.25, 0.3) is 0 Å². The fourth-order valence-corrected chi connectivity index (χ4v) is 3.02. The van der Waals surface area contributed by atoms with Crippen LogP contribution < -0.4 is 10.6 Å². The van der Waals surface area contributed by atoms with Crippen LogP contribution in [0, 0.1) is 6.92 Å². The number of guanidine groups is 1. The number of esters is 1. The van der Waals surface area contributed by atoms with E-state index in [9.17, 15) is 4.79 Å². The fourth-order valence-electron chi connectivity index (χ4n) is 3.02. The number of nitrogens with one attached hydrogen (secondary N) is 3. The van der Waals surface area contributed by atoms with Crippen LogP contribution in [0.3, 0.4) is 0 Å². The zero-order chi connectivity index (χ0) is 19.5. The number of nitrogens with zero attached hydrogens (tertiary/aromatic N) is 1.